The molecule has 0 atom stereocenters. The van der Waals surface area contributed by atoms with Crippen molar-refractivity contribution in [1.82, 2.24) is 9.97 Å². The van der Waals surface area contributed by atoms with Crippen LogP contribution in [0.15, 0.2) is 35.1 Å². The van der Waals surface area contributed by atoms with Crippen molar-refractivity contribution in [2.75, 3.05) is 5.73 Å². The zero-order valence-electron chi connectivity index (χ0n) is 9.32. The molecule has 0 aliphatic heterocycles. The van der Waals surface area contributed by atoms with Gasteiger partial charge in [-0.1, -0.05) is 29.8 Å². The number of nitrogen functional groups attached to an aromatic ring is 1. The molecule has 0 spiro atoms. The number of hydrogen-bond donors (Lipinski definition) is 2. The Bertz CT molecular complexity index is 790. The second-order valence-electron chi connectivity index (χ2n) is 4.14. The summed E-state index contributed by atoms with van der Waals surface area (Å²) in [5.41, 5.74) is 7.08. The maximum absolute atomic E-state index is 11.9. The topological polar surface area (TPSA) is 71.8 Å². The maximum atomic E-state index is 11.9. The highest BCUT2D eigenvalue weighted by Crippen LogP contribution is 2.22. The number of aryl methyl sites for hydroxylation is 1. The Morgan fingerprint density at radius 1 is 1.24 bits per heavy atom. The van der Waals surface area contributed by atoms with E-state index in [2.05, 4.69) is 9.97 Å². The first-order valence-corrected chi connectivity index (χ1v) is 5.34. The van der Waals surface area contributed by atoms with Crippen LogP contribution in [0.25, 0.3) is 21.7 Å². The first-order chi connectivity index (χ1) is 8.15. The molecule has 3 aromatic rings. The van der Waals surface area contributed by atoms with Crippen LogP contribution in [-0.2, 0) is 0 Å². The molecular formula is C13H11N3O. The number of nitrogens with two attached hydrogens (primary N) is 1. The van der Waals surface area contributed by atoms with E-state index < -0.39 is 0 Å². The first-order valence-electron chi connectivity index (χ1n) is 5.34. The Labute approximate surface area is 97.1 Å². The lowest BCUT2D eigenvalue weighted by atomic mass is 10.0. The highest BCUT2D eigenvalue weighted by atomic mass is 16.1. The maximum Gasteiger partial charge on any atom is 0.260 e. The molecule has 0 fully saturated rings. The minimum atomic E-state index is -0.191. The van der Waals surface area contributed by atoms with Gasteiger partial charge in [0.2, 0.25) is 5.95 Å². The molecule has 84 valence electrons. The lowest BCUT2D eigenvalue weighted by molar-refractivity contribution is 1.19. The number of nitrogens with zero attached hydrogens (tertiary/aromatic N) is 1. The van der Waals surface area contributed by atoms with E-state index in [1.54, 1.807) is 0 Å². The molecule has 1 heterocycles. The van der Waals surface area contributed by atoms with Gasteiger partial charge >= 0.3 is 0 Å². The van der Waals surface area contributed by atoms with Gasteiger partial charge in [-0.25, -0.2) is 4.98 Å². The number of aromatic nitrogens is 2. The predicted octanol–water partition coefficient (Wildman–Crippen LogP) is 1.97. The fourth-order valence-electron chi connectivity index (χ4n) is 2.09. The second-order valence-corrected chi connectivity index (χ2v) is 4.14. The molecular weight excluding hydrogens is 214 g/mol. The van der Waals surface area contributed by atoms with Crippen molar-refractivity contribution in [3.05, 3.63) is 46.2 Å². The molecule has 4 heteroatoms. The van der Waals surface area contributed by atoms with Gasteiger partial charge in [-0.2, -0.15) is 0 Å². The van der Waals surface area contributed by atoms with E-state index in [9.17, 15) is 4.79 Å². The van der Waals surface area contributed by atoms with E-state index in [4.69, 9.17) is 5.73 Å². The third-order valence-electron chi connectivity index (χ3n) is 2.86. The summed E-state index contributed by atoms with van der Waals surface area (Å²) in [6, 6.07) is 9.78. The summed E-state index contributed by atoms with van der Waals surface area (Å²) in [4.78, 5) is 18.6. The number of H-pyrrole nitrogens is 1. The Kier molecular flexibility index (Phi) is 1.92. The molecule has 17 heavy (non-hydrogen) atoms. The average Bonchev–Trinajstić information content (AvgIpc) is 2.27. The first kappa shape index (κ1) is 9.84. The second kappa shape index (κ2) is 3.31. The highest BCUT2D eigenvalue weighted by Gasteiger charge is 2.06. The van der Waals surface area contributed by atoms with Crippen molar-refractivity contribution >= 4 is 27.6 Å². The number of hydrogen-bond acceptors (Lipinski definition) is 3. The van der Waals surface area contributed by atoms with Crippen LogP contribution in [0.1, 0.15) is 5.56 Å². The Morgan fingerprint density at radius 3 is 2.82 bits per heavy atom. The largest absolute Gasteiger partial charge is 0.369 e. The van der Waals surface area contributed by atoms with E-state index in [1.165, 1.54) is 0 Å². The third-order valence-corrected chi connectivity index (χ3v) is 2.86. The van der Waals surface area contributed by atoms with Crippen molar-refractivity contribution in [3.63, 3.8) is 0 Å². The quantitative estimate of drug-likeness (QED) is 0.574. The van der Waals surface area contributed by atoms with Crippen molar-refractivity contribution in [2.24, 2.45) is 0 Å². The van der Waals surface area contributed by atoms with Gasteiger partial charge in [-0.3, -0.25) is 9.78 Å². The highest BCUT2D eigenvalue weighted by molar-refractivity contribution is 6.06. The number of fused-ring (bicyclic) bond motifs is 3. The zero-order chi connectivity index (χ0) is 12.0. The number of aromatic amines is 1. The Hall–Kier alpha value is -2.36. The molecule has 0 bridgehead atoms. The fraction of sp³-hybridized carbons (Fsp3) is 0.0769. The lowest BCUT2D eigenvalue weighted by Crippen LogP contribution is -2.11. The summed E-state index contributed by atoms with van der Waals surface area (Å²) < 4.78 is 0. The van der Waals surface area contributed by atoms with E-state index in [-0.39, 0.29) is 11.5 Å². The molecule has 0 aliphatic rings. The molecule has 0 amide bonds. The standard InChI is InChI=1S/C13H11N3O/c1-7-2-3-8-4-5-10-11(9(8)6-7)12(17)16-13(14)15-10/h2-6H,1H3,(H3,14,15,16,17). The SMILES string of the molecule is Cc1ccc2ccc3nc(N)[nH]c(=O)c3c2c1. The molecule has 0 unspecified atom stereocenters. The monoisotopic (exact) mass is 225 g/mol. The van der Waals surface area contributed by atoms with Crippen molar-refractivity contribution in [1.29, 1.82) is 0 Å². The van der Waals surface area contributed by atoms with Crippen LogP contribution in [0.4, 0.5) is 5.95 Å². The van der Waals surface area contributed by atoms with Crippen molar-refractivity contribution < 1.29 is 0 Å². The van der Waals surface area contributed by atoms with Crippen molar-refractivity contribution in [3.8, 4) is 0 Å². The van der Waals surface area contributed by atoms with Crippen LogP contribution in [0.2, 0.25) is 0 Å². The lowest BCUT2D eigenvalue weighted by Gasteiger charge is -2.04. The fourth-order valence-corrected chi connectivity index (χ4v) is 2.09. The van der Waals surface area contributed by atoms with Crippen LogP contribution in [0, 0.1) is 6.92 Å². The summed E-state index contributed by atoms with van der Waals surface area (Å²) in [6.07, 6.45) is 0. The summed E-state index contributed by atoms with van der Waals surface area (Å²) in [7, 11) is 0. The van der Waals surface area contributed by atoms with E-state index in [0.29, 0.717) is 10.9 Å². The van der Waals surface area contributed by atoms with Gasteiger partial charge in [0.25, 0.3) is 5.56 Å². The molecule has 1 aromatic heterocycles. The van der Waals surface area contributed by atoms with Gasteiger partial charge in [0.05, 0.1) is 10.9 Å². The van der Waals surface area contributed by atoms with E-state index >= 15 is 0 Å². The Morgan fingerprint density at radius 2 is 2.00 bits per heavy atom. The Balaban J connectivity index is 2.63. The summed E-state index contributed by atoms with van der Waals surface area (Å²) >= 11 is 0. The normalized spacial score (nSPS) is 11.1. The van der Waals surface area contributed by atoms with E-state index in [0.717, 1.165) is 16.3 Å². The number of nitrogens with one attached hydrogen (secondary N) is 1. The summed E-state index contributed by atoms with van der Waals surface area (Å²) in [5.74, 6) is 0.148. The van der Waals surface area contributed by atoms with Crippen LogP contribution >= 0.6 is 0 Å². The molecule has 2 aromatic carbocycles. The molecule has 4 nitrogen and oxygen atoms in total. The van der Waals surface area contributed by atoms with Gasteiger partial charge in [0.1, 0.15) is 0 Å². The van der Waals surface area contributed by atoms with Crippen LogP contribution in [-0.4, -0.2) is 9.97 Å². The van der Waals surface area contributed by atoms with Gasteiger partial charge in [-0.05, 0) is 23.8 Å². The van der Waals surface area contributed by atoms with E-state index in [1.807, 2.05) is 37.3 Å². The molecule has 0 saturated heterocycles. The van der Waals surface area contributed by atoms with Crippen LogP contribution in [0.3, 0.4) is 0 Å². The molecule has 3 N–H and O–H groups in total. The van der Waals surface area contributed by atoms with Gasteiger partial charge in [-0.15, -0.1) is 0 Å². The van der Waals surface area contributed by atoms with Gasteiger partial charge in [0.15, 0.2) is 0 Å². The minimum Gasteiger partial charge on any atom is -0.369 e. The number of benzene rings is 2. The van der Waals surface area contributed by atoms with Crippen LogP contribution < -0.4 is 11.3 Å². The smallest absolute Gasteiger partial charge is 0.260 e. The molecule has 0 saturated carbocycles. The predicted molar refractivity (Wildman–Crippen MR) is 69.0 cm³/mol. The van der Waals surface area contributed by atoms with Crippen LogP contribution in [0.5, 0.6) is 0 Å². The number of rotatable bonds is 0. The molecule has 0 radical (unpaired) electrons. The van der Waals surface area contributed by atoms with Gasteiger partial charge in [0, 0.05) is 0 Å². The zero-order valence-corrected chi connectivity index (χ0v) is 9.32. The molecule has 3 rings (SSSR count). The van der Waals surface area contributed by atoms with Crippen molar-refractivity contribution in [2.45, 2.75) is 6.92 Å². The third kappa shape index (κ3) is 1.45. The molecule has 0 aliphatic carbocycles. The summed E-state index contributed by atoms with van der Waals surface area (Å²) in [5, 5.41) is 2.54. The van der Waals surface area contributed by atoms with Gasteiger partial charge < -0.3 is 5.73 Å². The number of anilines is 1. The minimum absolute atomic E-state index is 0.148. The summed E-state index contributed by atoms with van der Waals surface area (Å²) in [6.45, 7) is 2.00. The average molecular weight is 225 g/mol.